The monoisotopic (exact) mass is 282 g/mol. The summed E-state index contributed by atoms with van der Waals surface area (Å²) in [6.07, 6.45) is 4.22. The molecule has 2 rings (SSSR count). The van der Waals surface area contributed by atoms with E-state index < -0.39 is 11.6 Å². The third-order valence-corrected chi connectivity index (χ3v) is 3.77. The number of hydrogen-bond donors (Lipinski definition) is 2. The fraction of sp³-hybridized carbons (Fsp3) is 0.533. The Hall–Kier alpha value is -1.65. The van der Waals surface area contributed by atoms with E-state index in [1.807, 2.05) is 0 Å². The summed E-state index contributed by atoms with van der Waals surface area (Å²) in [7, 11) is 0. The predicted octanol–water partition coefficient (Wildman–Crippen LogP) is 3.07. The molecule has 0 unspecified atom stereocenters. The number of carbonyl (C=O) groups is 1. The lowest BCUT2D eigenvalue weighted by molar-refractivity contribution is -0.120. The van der Waals surface area contributed by atoms with E-state index in [9.17, 15) is 13.6 Å². The molecule has 110 valence electrons. The predicted molar refractivity (Wildman–Crippen MR) is 74.4 cm³/mol. The Labute approximate surface area is 117 Å². The van der Waals surface area contributed by atoms with Gasteiger partial charge in [-0.2, -0.15) is 0 Å². The van der Waals surface area contributed by atoms with Gasteiger partial charge in [0.1, 0.15) is 0 Å². The second kappa shape index (κ2) is 6.68. The van der Waals surface area contributed by atoms with Crippen LogP contribution in [-0.2, 0) is 4.79 Å². The van der Waals surface area contributed by atoms with Crippen molar-refractivity contribution in [1.29, 1.82) is 0 Å². The van der Waals surface area contributed by atoms with Gasteiger partial charge < -0.3 is 10.6 Å². The van der Waals surface area contributed by atoms with Gasteiger partial charge in [-0.05, 0) is 43.7 Å². The first-order chi connectivity index (χ1) is 9.56. The lowest BCUT2D eigenvalue weighted by Gasteiger charge is -2.27. The Morgan fingerprint density at radius 2 is 1.95 bits per heavy atom. The van der Waals surface area contributed by atoms with Crippen LogP contribution in [-0.4, -0.2) is 18.5 Å². The Balaban J connectivity index is 1.79. The first kappa shape index (κ1) is 14.8. The van der Waals surface area contributed by atoms with Gasteiger partial charge in [-0.25, -0.2) is 8.78 Å². The van der Waals surface area contributed by atoms with Crippen LogP contribution in [0.5, 0.6) is 0 Å². The molecule has 0 saturated heterocycles. The van der Waals surface area contributed by atoms with E-state index in [4.69, 9.17) is 0 Å². The largest absolute Gasteiger partial charge is 0.374 e. The Morgan fingerprint density at radius 3 is 2.65 bits per heavy atom. The zero-order valence-electron chi connectivity index (χ0n) is 11.6. The maximum absolute atomic E-state index is 13.4. The molecular weight excluding hydrogens is 262 g/mol. The number of halogens is 2. The normalized spacial score (nSPS) is 22.4. The van der Waals surface area contributed by atoms with E-state index >= 15 is 0 Å². The standard InChI is InChI=1S/C15H20F2N2O/c1-10-5-7-11(8-6-10)19-14(20)9-18-13-4-2-3-12(16)15(13)17/h2-4,10-11,18H,5-9H2,1H3,(H,19,20). The molecule has 0 radical (unpaired) electrons. The van der Waals surface area contributed by atoms with E-state index in [-0.39, 0.29) is 24.2 Å². The molecule has 0 bridgehead atoms. The van der Waals surface area contributed by atoms with Crippen LogP contribution in [0.4, 0.5) is 14.5 Å². The highest BCUT2D eigenvalue weighted by Crippen LogP contribution is 2.23. The zero-order chi connectivity index (χ0) is 14.5. The molecule has 20 heavy (non-hydrogen) atoms. The number of hydrogen-bond acceptors (Lipinski definition) is 2. The van der Waals surface area contributed by atoms with Gasteiger partial charge in [0.25, 0.3) is 0 Å². The minimum Gasteiger partial charge on any atom is -0.374 e. The maximum atomic E-state index is 13.4. The second-order valence-corrected chi connectivity index (χ2v) is 5.48. The van der Waals surface area contributed by atoms with Crippen molar-refractivity contribution in [2.45, 2.75) is 38.6 Å². The molecule has 0 aliphatic heterocycles. The summed E-state index contributed by atoms with van der Waals surface area (Å²) in [5.41, 5.74) is 0.0115. The minimum atomic E-state index is -0.952. The molecule has 0 heterocycles. The van der Waals surface area contributed by atoms with Gasteiger partial charge in [0.05, 0.1) is 12.2 Å². The fourth-order valence-corrected chi connectivity index (χ4v) is 2.50. The second-order valence-electron chi connectivity index (χ2n) is 5.48. The summed E-state index contributed by atoms with van der Waals surface area (Å²) >= 11 is 0. The van der Waals surface area contributed by atoms with E-state index in [0.29, 0.717) is 0 Å². The van der Waals surface area contributed by atoms with Gasteiger partial charge in [0.2, 0.25) is 5.91 Å². The Morgan fingerprint density at radius 1 is 1.25 bits per heavy atom. The van der Waals surface area contributed by atoms with Crippen LogP contribution in [0.3, 0.4) is 0 Å². The van der Waals surface area contributed by atoms with Crippen molar-refractivity contribution < 1.29 is 13.6 Å². The van der Waals surface area contributed by atoms with Crippen molar-refractivity contribution in [2.24, 2.45) is 5.92 Å². The molecule has 1 fully saturated rings. The molecule has 0 aromatic heterocycles. The number of benzene rings is 1. The van der Waals surface area contributed by atoms with E-state index in [1.165, 1.54) is 12.1 Å². The van der Waals surface area contributed by atoms with Crippen molar-refractivity contribution >= 4 is 11.6 Å². The van der Waals surface area contributed by atoms with Gasteiger partial charge in [0, 0.05) is 6.04 Å². The maximum Gasteiger partial charge on any atom is 0.239 e. The van der Waals surface area contributed by atoms with Crippen molar-refractivity contribution in [3.05, 3.63) is 29.8 Å². The highest BCUT2D eigenvalue weighted by Gasteiger charge is 2.19. The smallest absolute Gasteiger partial charge is 0.239 e. The minimum absolute atomic E-state index is 0.0115. The van der Waals surface area contributed by atoms with Crippen LogP contribution in [0.25, 0.3) is 0 Å². The molecule has 1 amide bonds. The lowest BCUT2D eigenvalue weighted by Crippen LogP contribution is -2.40. The quantitative estimate of drug-likeness (QED) is 0.891. The third kappa shape index (κ3) is 3.92. The highest BCUT2D eigenvalue weighted by atomic mass is 19.2. The molecule has 5 heteroatoms. The SMILES string of the molecule is CC1CCC(NC(=O)CNc2cccc(F)c2F)CC1. The number of amides is 1. The molecule has 3 nitrogen and oxygen atoms in total. The Bertz CT molecular complexity index is 471. The summed E-state index contributed by atoms with van der Waals surface area (Å²) in [6, 6.07) is 4.07. The van der Waals surface area contributed by atoms with Crippen LogP contribution >= 0.6 is 0 Å². The average molecular weight is 282 g/mol. The van der Waals surface area contributed by atoms with Gasteiger partial charge in [0.15, 0.2) is 11.6 Å². The van der Waals surface area contributed by atoms with Gasteiger partial charge >= 0.3 is 0 Å². The highest BCUT2D eigenvalue weighted by molar-refractivity contribution is 5.81. The summed E-state index contributed by atoms with van der Waals surface area (Å²) in [6.45, 7) is 2.17. The third-order valence-electron chi connectivity index (χ3n) is 3.77. The van der Waals surface area contributed by atoms with Crippen LogP contribution < -0.4 is 10.6 Å². The van der Waals surface area contributed by atoms with Crippen LogP contribution in [0.1, 0.15) is 32.6 Å². The first-order valence-corrected chi connectivity index (χ1v) is 7.03. The van der Waals surface area contributed by atoms with Gasteiger partial charge in [-0.1, -0.05) is 13.0 Å². The van der Waals surface area contributed by atoms with Crippen LogP contribution in [0.15, 0.2) is 18.2 Å². The van der Waals surface area contributed by atoms with Gasteiger partial charge in [-0.3, -0.25) is 4.79 Å². The summed E-state index contributed by atoms with van der Waals surface area (Å²) in [5, 5.41) is 5.55. The topological polar surface area (TPSA) is 41.1 Å². The summed E-state index contributed by atoms with van der Waals surface area (Å²) in [4.78, 5) is 11.8. The fourth-order valence-electron chi connectivity index (χ4n) is 2.50. The van der Waals surface area contributed by atoms with Crippen molar-refractivity contribution in [3.8, 4) is 0 Å². The van der Waals surface area contributed by atoms with Crippen molar-refractivity contribution in [2.75, 3.05) is 11.9 Å². The Kier molecular flexibility index (Phi) is 4.93. The average Bonchev–Trinajstić information content (AvgIpc) is 2.43. The molecule has 1 aromatic carbocycles. The van der Waals surface area contributed by atoms with Crippen LogP contribution in [0.2, 0.25) is 0 Å². The molecule has 1 saturated carbocycles. The van der Waals surface area contributed by atoms with Crippen LogP contribution in [0, 0.1) is 17.6 Å². The number of rotatable bonds is 4. The molecular formula is C15H20F2N2O. The van der Waals surface area contributed by atoms with E-state index in [0.717, 1.165) is 37.7 Å². The molecule has 2 N–H and O–H groups in total. The molecule has 0 atom stereocenters. The molecule has 1 aliphatic carbocycles. The number of nitrogens with one attached hydrogen (secondary N) is 2. The number of anilines is 1. The molecule has 1 aliphatic rings. The lowest BCUT2D eigenvalue weighted by atomic mass is 9.87. The van der Waals surface area contributed by atoms with E-state index in [2.05, 4.69) is 17.6 Å². The molecule has 0 spiro atoms. The first-order valence-electron chi connectivity index (χ1n) is 7.03. The molecule has 1 aromatic rings. The van der Waals surface area contributed by atoms with Crippen molar-refractivity contribution in [1.82, 2.24) is 5.32 Å². The zero-order valence-corrected chi connectivity index (χ0v) is 11.6. The number of carbonyl (C=O) groups excluding carboxylic acids is 1. The van der Waals surface area contributed by atoms with E-state index in [1.54, 1.807) is 0 Å². The summed E-state index contributed by atoms with van der Waals surface area (Å²) in [5.74, 6) is -1.33. The van der Waals surface area contributed by atoms with Gasteiger partial charge in [-0.15, -0.1) is 0 Å². The summed E-state index contributed by atoms with van der Waals surface area (Å²) < 4.78 is 26.4. The van der Waals surface area contributed by atoms with Crippen molar-refractivity contribution in [3.63, 3.8) is 0 Å².